The van der Waals surface area contributed by atoms with Gasteiger partial charge in [-0.15, -0.1) is 0 Å². The van der Waals surface area contributed by atoms with Crippen LogP contribution in [0.25, 0.3) is 22.1 Å². The first-order valence-electron chi connectivity index (χ1n) is 16.4. The van der Waals surface area contributed by atoms with E-state index in [9.17, 15) is 14.4 Å². The Morgan fingerprint density at radius 1 is 0.837 bits per heavy atom. The van der Waals surface area contributed by atoms with Crippen LogP contribution >= 0.6 is 0 Å². The molecule has 1 aromatic heterocycles. The van der Waals surface area contributed by atoms with Gasteiger partial charge in [0.15, 0.2) is 0 Å². The predicted molar refractivity (Wildman–Crippen MR) is 188 cm³/mol. The zero-order chi connectivity index (χ0) is 34.8. The minimum absolute atomic E-state index is 0.208. The Bertz CT molecular complexity index is 1890. The van der Waals surface area contributed by atoms with Crippen molar-refractivity contribution >= 4 is 28.9 Å². The summed E-state index contributed by atoms with van der Waals surface area (Å²) in [7, 11) is 0. The topological polar surface area (TPSA) is 116 Å². The number of nitrogens with one attached hydrogen (secondary N) is 2. The van der Waals surface area contributed by atoms with E-state index in [1.807, 2.05) is 125 Å². The smallest absolute Gasteiger partial charge is 0.407 e. The Morgan fingerprint density at radius 3 is 2.37 bits per heavy atom. The van der Waals surface area contributed by atoms with E-state index in [1.165, 1.54) is 0 Å². The zero-order valence-corrected chi connectivity index (χ0v) is 28.3. The summed E-state index contributed by atoms with van der Waals surface area (Å²) in [6.45, 7) is 7.86. The summed E-state index contributed by atoms with van der Waals surface area (Å²) in [6.07, 6.45) is 2.37. The van der Waals surface area contributed by atoms with Crippen LogP contribution in [0, 0.1) is 0 Å². The maximum absolute atomic E-state index is 13.5. The van der Waals surface area contributed by atoms with Gasteiger partial charge < -0.3 is 24.0 Å². The molecule has 0 fully saturated rings. The van der Waals surface area contributed by atoms with Crippen LogP contribution in [0.2, 0.25) is 0 Å². The lowest BCUT2D eigenvalue weighted by molar-refractivity contribution is -0.158. The number of carbonyl (C=O) groups is 3. The van der Waals surface area contributed by atoms with Crippen molar-refractivity contribution in [1.82, 2.24) is 10.8 Å². The molecule has 0 radical (unpaired) electrons. The van der Waals surface area contributed by atoms with Crippen molar-refractivity contribution in [2.75, 3.05) is 0 Å². The molecule has 0 saturated heterocycles. The van der Waals surface area contributed by atoms with E-state index < -0.39 is 29.5 Å². The molecule has 1 unspecified atom stereocenters. The number of fused-ring (bicyclic) bond motifs is 1. The fraction of sp³-hybridized carbons (Fsp3) is 0.275. The van der Waals surface area contributed by atoms with Gasteiger partial charge >= 0.3 is 12.1 Å². The molecule has 5 rings (SSSR count). The van der Waals surface area contributed by atoms with Crippen molar-refractivity contribution in [3.63, 3.8) is 0 Å². The number of benzene rings is 4. The Morgan fingerprint density at radius 2 is 1.59 bits per heavy atom. The third-order valence-electron chi connectivity index (χ3n) is 7.69. The van der Waals surface area contributed by atoms with Gasteiger partial charge in [0.25, 0.3) is 5.91 Å². The fourth-order valence-electron chi connectivity index (χ4n) is 5.47. The molecule has 254 valence electrons. The Hall–Kier alpha value is -5.57. The second-order valence-electron chi connectivity index (χ2n) is 12.8. The molecule has 9 heteroatoms. The highest BCUT2D eigenvalue weighted by atomic mass is 16.7. The molecule has 5 aromatic rings. The van der Waals surface area contributed by atoms with E-state index in [0.29, 0.717) is 30.7 Å². The summed E-state index contributed by atoms with van der Waals surface area (Å²) in [5, 5.41) is 3.73. The maximum atomic E-state index is 13.5. The van der Waals surface area contributed by atoms with Crippen LogP contribution in [0.4, 0.5) is 4.79 Å². The average molecular weight is 663 g/mol. The van der Waals surface area contributed by atoms with Gasteiger partial charge in [-0.05, 0) is 86.2 Å². The van der Waals surface area contributed by atoms with Crippen LogP contribution in [0.5, 0.6) is 5.75 Å². The lowest BCUT2D eigenvalue weighted by Crippen LogP contribution is -2.33. The summed E-state index contributed by atoms with van der Waals surface area (Å²) in [6, 6.07) is 30.9. The van der Waals surface area contributed by atoms with E-state index in [0.717, 1.165) is 38.8 Å². The SMILES string of the molecule is CCCC(=O)ONC(=O)C(Cc1ccccc1)c1ccccc1OCc1cc(-c2cccc(CNC(=O)OC(C)(C)C)c2)c2occc2c1. The van der Waals surface area contributed by atoms with Gasteiger partial charge in [-0.2, -0.15) is 5.48 Å². The van der Waals surface area contributed by atoms with E-state index in [4.69, 9.17) is 18.7 Å². The summed E-state index contributed by atoms with van der Waals surface area (Å²) in [5.74, 6) is -1.07. The molecule has 49 heavy (non-hydrogen) atoms. The van der Waals surface area contributed by atoms with E-state index in [-0.39, 0.29) is 13.0 Å². The van der Waals surface area contributed by atoms with Gasteiger partial charge in [0, 0.05) is 29.5 Å². The fourth-order valence-corrected chi connectivity index (χ4v) is 5.47. The predicted octanol–water partition coefficient (Wildman–Crippen LogP) is 8.40. The van der Waals surface area contributed by atoms with Gasteiger partial charge in [0.05, 0.1) is 12.2 Å². The molecule has 0 bridgehead atoms. The van der Waals surface area contributed by atoms with Crippen molar-refractivity contribution in [2.24, 2.45) is 0 Å². The third kappa shape index (κ3) is 9.73. The first-order chi connectivity index (χ1) is 23.6. The highest BCUT2D eigenvalue weighted by Gasteiger charge is 2.26. The van der Waals surface area contributed by atoms with Gasteiger partial charge in [-0.25, -0.2) is 9.59 Å². The quantitative estimate of drug-likeness (QED) is 0.129. The highest BCUT2D eigenvalue weighted by Crippen LogP contribution is 2.34. The normalized spacial score (nSPS) is 11.8. The number of furan rings is 1. The number of para-hydroxylation sites is 1. The number of hydrogen-bond acceptors (Lipinski definition) is 7. The average Bonchev–Trinajstić information content (AvgIpc) is 3.56. The van der Waals surface area contributed by atoms with Gasteiger partial charge in [0.2, 0.25) is 0 Å². The monoisotopic (exact) mass is 662 g/mol. The summed E-state index contributed by atoms with van der Waals surface area (Å²) in [4.78, 5) is 42.8. The van der Waals surface area contributed by atoms with Crippen molar-refractivity contribution in [3.05, 3.63) is 126 Å². The van der Waals surface area contributed by atoms with Gasteiger partial charge in [0.1, 0.15) is 23.5 Å². The number of carbonyl (C=O) groups excluding carboxylic acids is 3. The molecule has 0 spiro atoms. The van der Waals surface area contributed by atoms with Crippen LogP contribution in [0.3, 0.4) is 0 Å². The molecule has 4 aromatic carbocycles. The minimum Gasteiger partial charge on any atom is -0.489 e. The second kappa shape index (κ2) is 16.0. The molecule has 2 amide bonds. The molecule has 0 aliphatic carbocycles. The van der Waals surface area contributed by atoms with Crippen molar-refractivity contribution < 1.29 is 33.1 Å². The summed E-state index contributed by atoms with van der Waals surface area (Å²) < 4.78 is 17.7. The molecule has 2 N–H and O–H groups in total. The van der Waals surface area contributed by atoms with E-state index in [1.54, 1.807) is 6.26 Å². The van der Waals surface area contributed by atoms with E-state index >= 15 is 0 Å². The first kappa shape index (κ1) is 34.8. The molecular weight excluding hydrogens is 620 g/mol. The van der Waals surface area contributed by atoms with E-state index in [2.05, 4.69) is 10.8 Å². The maximum Gasteiger partial charge on any atom is 0.407 e. The van der Waals surface area contributed by atoms with Crippen LogP contribution in [0.15, 0.2) is 108 Å². The number of ether oxygens (including phenoxy) is 2. The number of amides is 2. The van der Waals surface area contributed by atoms with Gasteiger partial charge in [-0.1, -0.05) is 73.7 Å². The standard InChI is InChI=1S/C40H42N2O7/c1-5-12-36(43)49-42-38(44)34(23-27-13-7-6-8-14-27)32-17-9-10-18-35(32)47-26-29-22-31-19-20-46-37(31)33(24-29)30-16-11-15-28(21-30)25-41-39(45)48-40(2,3)4/h6-11,13-22,24,34H,5,12,23,25-26H2,1-4H3,(H,41,45)(H,42,44). The number of rotatable bonds is 12. The largest absolute Gasteiger partial charge is 0.489 e. The summed E-state index contributed by atoms with van der Waals surface area (Å²) >= 11 is 0. The summed E-state index contributed by atoms with van der Waals surface area (Å²) in [5.41, 5.74) is 7.75. The van der Waals surface area contributed by atoms with Crippen LogP contribution in [-0.4, -0.2) is 23.6 Å². The highest BCUT2D eigenvalue weighted by molar-refractivity contribution is 5.93. The molecule has 9 nitrogen and oxygen atoms in total. The number of hydroxylamine groups is 1. The zero-order valence-electron chi connectivity index (χ0n) is 28.3. The molecule has 1 heterocycles. The molecule has 0 saturated carbocycles. The van der Waals surface area contributed by atoms with Crippen LogP contribution in [-0.2, 0) is 38.7 Å². The van der Waals surface area contributed by atoms with Crippen molar-refractivity contribution in [3.8, 4) is 16.9 Å². The molecule has 0 aliphatic rings. The Balaban J connectivity index is 1.38. The Labute approximate surface area is 286 Å². The number of alkyl carbamates (subject to hydrolysis) is 1. The number of hydrogen-bond donors (Lipinski definition) is 2. The molecule has 1 atom stereocenters. The van der Waals surface area contributed by atoms with Crippen molar-refractivity contribution in [2.45, 2.75) is 71.6 Å². The lowest BCUT2D eigenvalue weighted by atomic mass is 9.90. The van der Waals surface area contributed by atoms with Crippen LogP contribution in [0.1, 0.15) is 68.7 Å². The van der Waals surface area contributed by atoms with Crippen LogP contribution < -0.4 is 15.5 Å². The lowest BCUT2D eigenvalue weighted by Gasteiger charge is -2.20. The van der Waals surface area contributed by atoms with Gasteiger partial charge in [-0.3, -0.25) is 4.79 Å². The molecular formula is C40H42N2O7. The van der Waals surface area contributed by atoms with Crippen molar-refractivity contribution in [1.29, 1.82) is 0 Å². The minimum atomic E-state index is -0.683. The second-order valence-corrected chi connectivity index (χ2v) is 12.8. The third-order valence-corrected chi connectivity index (χ3v) is 7.69. The Kier molecular flexibility index (Phi) is 11.4. The first-order valence-corrected chi connectivity index (χ1v) is 16.4. The molecule has 0 aliphatic heterocycles.